The monoisotopic (exact) mass is 501 g/mol. The highest BCUT2D eigenvalue weighted by Gasteiger charge is 2.59. The Labute approximate surface area is 210 Å². The van der Waals surface area contributed by atoms with Gasteiger partial charge in [-0.25, -0.2) is 0 Å². The summed E-state index contributed by atoms with van der Waals surface area (Å²) in [7, 11) is 0. The van der Waals surface area contributed by atoms with Crippen molar-refractivity contribution >= 4 is 29.6 Å². The van der Waals surface area contributed by atoms with Crippen molar-refractivity contribution in [1.29, 1.82) is 0 Å². The number of hydrogen-bond donors (Lipinski definition) is 2. The SMILES string of the molecule is C[C@H](C(=O)N1CCOCC1)N1CC(C)(C)OC[C@H]1C12Nc3cnccc3C1C=C(Cl)C=C2NC=O. The highest BCUT2D eigenvalue weighted by atomic mass is 35.5. The third-order valence-corrected chi connectivity index (χ3v) is 7.82. The van der Waals surface area contributed by atoms with Crippen molar-refractivity contribution in [3.8, 4) is 0 Å². The third-order valence-electron chi connectivity index (χ3n) is 7.59. The van der Waals surface area contributed by atoms with Crippen molar-refractivity contribution in [2.45, 2.75) is 49.9 Å². The first-order valence-electron chi connectivity index (χ1n) is 12.0. The van der Waals surface area contributed by atoms with E-state index >= 15 is 0 Å². The molecule has 3 aliphatic heterocycles. The van der Waals surface area contributed by atoms with Crippen molar-refractivity contribution < 1.29 is 19.1 Å². The summed E-state index contributed by atoms with van der Waals surface area (Å²) in [4.78, 5) is 33.8. The lowest BCUT2D eigenvalue weighted by molar-refractivity contribution is -0.159. The molecule has 0 saturated carbocycles. The summed E-state index contributed by atoms with van der Waals surface area (Å²) >= 11 is 6.55. The first-order chi connectivity index (χ1) is 16.8. The van der Waals surface area contributed by atoms with E-state index in [1.54, 1.807) is 18.5 Å². The standard InChI is InChI=1S/C25H32ClN5O4/c1-16(23(33)30-6-8-34-9-7-30)31-14-24(2,3)35-13-22(31)25-19(10-17(26)11-21(25)28-15-32)18-4-5-27-12-20(18)29-25/h4-5,10-12,15-16,19,22,29H,6-9,13-14H2,1-3H3,(H,28,32)/t16-,19?,22+,25?/m1/s1. The Hall–Kier alpha value is -2.46. The van der Waals surface area contributed by atoms with E-state index in [0.717, 1.165) is 11.3 Å². The van der Waals surface area contributed by atoms with Crippen LogP contribution in [0.1, 0.15) is 32.3 Å². The van der Waals surface area contributed by atoms with Gasteiger partial charge in [-0.15, -0.1) is 0 Å². The number of anilines is 1. The molecule has 9 nitrogen and oxygen atoms in total. The van der Waals surface area contributed by atoms with Crippen LogP contribution in [0.25, 0.3) is 0 Å². The van der Waals surface area contributed by atoms with E-state index in [4.69, 9.17) is 21.1 Å². The van der Waals surface area contributed by atoms with E-state index in [9.17, 15) is 9.59 Å². The van der Waals surface area contributed by atoms with E-state index < -0.39 is 17.2 Å². The van der Waals surface area contributed by atoms with Gasteiger partial charge in [-0.1, -0.05) is 17.7 Å². The van der Waals surface area contributed by atoms with Crippen LogP contribution in [-0.4, -0.2) is 89.8 Å². The Kier molecular flexibility index (Phi) is 6.37. The van der Waals surface area contributed by atoms with E-state index in [2.05, 4.69) is 20.5 Å². The largest absolute Gasteiger partial charge is 0.378 e. The van der Waals surface area contributed by atoms with Gasteiger partial charge in [0, 0.05) is 42.5 Å². The van der Waals surface area contributed by atoms with E-state index in [-0.39, 0.29) is 17.9 Å². The van der Waals surface area contributed by atoms with Crippen LogP contribution in [0, 0.1) is 0 Å². The van der Waals surface area contributed by atoms with Crippen molar-refractivity contribution in [1.82, 2.24) is 20.1 Å². The molecular formula is C25H32ClN5O4. The number of carbonyl (C=O) groups excluding carboxylic acids is 2. The van der Waals surface area contributed by atoms with Crippen LogP contribution in [0.5, 0.6) is 0 Å². The number of nitrogens with zero attached hydrogens (tertiary/aromatic N) is 3. The number of ether oxygens (including phenoxy) is 2. The lowest BCUT2D eigenvalue weighted by Gasteiger charge is -2.55. The van der Waals surface area contributed by atoms with Crippen LogP contribution in [0.3, 0.4) is 0 Å². The Morgan fingerprint density at radius 1 is 1.37 bits per heavy atom. The maximum Gasteiger partial charge on any atom is 0.239 e. The smallest absolute Gasteiger partial charge is 0.239 e. The molecule has 4 aliphatic rings. The zero-order valence-electron chi connectivity index (χ0n) is 20.3. The molecule has 0 spiro atoms. The molecule has 2 N–H and O–H groups in total. The van der Waals surface area contributed by atoms with Gasteiger partial charge in [0.15, 0.2) is 0 Å². The number of amides is 2. The molecule has 2 fully saturated rings. The molecule has 1 aromatic heterocycles. The Balaban J connectivity index is 1.59. The lowest BCUT2D eigenvalue weighted by atomic mass is 9.71. The summed E-state index contributed by atoms with van der Waals surface area (Å²) in [5.41, 5.74) is 1.30. The molecule has 1 aromatic rings. The average molecular weight is 502 g/mol. The van der Waals surface area contributed by atoms with Gasteiger partial charge in [0.2, 0.25) is 12.3 Å². The molecule has 1 aliphatic carbocycles. The minimum atomic E-state index is -0.805. The number of halogens is 1. The first-order valence-corrected chi connectivity index (χ1v) is 12.4. The van der Waals surface area contributed by atoms with Crippen molar-refractivity contribution in [3.63, 3.8) is 0 Å². The maximum absolute atomic E-state index is 13.6. The van der Waals surface area contributed by atoms with Crippen LogP contribution in [-0.2, 0) is 19.1 Å². The molecule has 0 aromatic carbocycles. The van der Waals surface area contributed by atoms with E-state index in [1.807, 2.05) is 37.8 Å². The van der Waals surface area contributed by atoms with Crippen LogP contribution >= 0.6 is 11.6 Å². The summed E-state index contributed by atoms with van der Waals surface area (Å²) < 4.78 is 11.8. The van der Waals surface area contributed by atoms with Crippen molar-refractivity contribution in [3.05, 3.63) is 46.9 Å². The summed E-state index contributed by atoms with van der Waals surface area (Å²) in [6, 6.07) is 1.28. The number of allylic oxidation sites excluding steroid dienone is 2. The van der Waals surface area contributed by atoms with Crippen molar-refractivity contribution in [2.24, 2.45) is 0 Å². The number of rotatable bonds is 5. The second-order valence-corrected chi connectivity index (χ2v) is 10.6. The maximum atomic E-state index is 13.6. The fourth-order valence-corrected chi connectivity index (χ4v) is 6.16. The number of hydrogen-bond acceptors (Lipinski definition) is 7. The zero-order chi connectivity index (χ0) is 24.8. The molecular weight excluding hydrogens is 470 g/mol. The van der Waals surface area contributed by atoms with E-state index in [1.165, 1.54) is 0 Å². The fraction of sp³-hybridized carbons (Fsp3) is 0.560. The van der Waals surface area contributed by atoms with Gasteiger partial charge in [-0.2, -0.15) is 0 Å². The molecule has 2 saturated heterocycles. The van der Waals surface area contributed by atoms with Gasteiger partial charge < -0.3 is 25.0 Å². The summed E-state index contributed by atoms with van der Waals surface area (Å²) in [6.45, 7) is 9.21. The molecule has 0 radical (unpaired) electrons. The Morgan fingerprint density at radius 3 is 2.89 bits per heavy atom. The van der Waals surface area contributed by atoms with Gasteiger partial charge in [0.25, 0.3) is 0 Å². The molecule has 4 atom stereocenters. The first kappa shape index (κ1) is 24.2. The van der Waals surface area contributed by atoms with Gasteiger partial charge in [-0.05, 0) is 38.5 Å². The quantitative estimate of drug-likeness (QED) is 0.594. The zero-order valence-corrected chi connectivity index (χ0v) is 21.0. The molecule has 0 bridgehead atoms. The second kappa shape index (κ2) is 9.20. The minimum Gasteiger partial charge on any atom is -0.378 e. The van der Waals surface area contributed by atoms with Crippen LogP contribution < -0.4 is 10.6 Å². The Bertz CT molecular complexity index is 1070. The second-order valence-electron chi connectivity index (χ2n) is 10.2. The Morgan fingerprint density at radius 2 is 2.14 bits per heavy atom. The van der Waals surface area contributed by atoms with Crippen LogP contribution in [0.4, 0.5) is 5.69 Å². The summed E-state index contributed by atoms with van der Waals surface area (Å²) in [6.07, 6.45) is 8.00. The van der Waals surface area contributed by atoms with Gasteiger partial charge >= 0.3 is 0 Å². The molecule has 4 heterocycles. The van der Waals surface area contributed by atoms with Gasteiger partial charge in [0.1, 0.15) is 5.54 Å². The average Bonchev–Trinajstić information content (AvgIpc) is 3.18. The number of morpholine rings is 2. The van der Waals surface area contributed by atoms with Crippen molar-refractivity contribution in [2.75, 3.05) is 44.8 Å². The van der Waals surface area contributed by atoms with Crippen LogP contribution in [0.15, 0.2) is 41.3 Å². The number of pyridine rings is 1. The third kappa shape index (κ3) is 4.14. The molecule has 35 heavy (non-hydrogen) atoms. The molecule has 188 valence electrons. The number of nitrogens with one attached hydrogen (secondary N) is 2. The predicted octanol–water partition coefficient (Wildman–Crippen LogP) is 1.82. The highest BCUT2D eigenvalue weighted by molar-refractivity contribution is 6.31. The molecule has 5 rings (SSSR count). The van der Waals surface area contributed by atoms with E-state index in [0.29, 0.717) is 56.6 Å². The lowest BCUT2D eigenvalue weighted by Crippen LogP contribution is -2.71. The number of carbonyl (C=O) groups is 2. The minimum absolute atomic E-state index is 0.0689. The summed E-state index contributed by atoms with van der Waals surface area (Å²) in [5.74, 6) is -0.122. The van der Waals surface area contributed by atoms with Gasteiger partial charge in [0.05, 0.1) is 49.4 Å². The summed E-state index contributed by atoms with van der Waals surface area (Å²) in [5, 5.41) is 7.14. The normalized spacial score (nSPS) is 30.8. The number of fused-ring (bicyclic) bond motifs is 3. The number of aromatic nitrogens is 1. The molecule has 2 unspecified atom stereocenters. The highest BCUT2D eigenvalue weighted by Crippen LogP contribution is 2.53. The predicted molar refractivity (Wildman–Crippen MR) is 132 cm³/mol. The van der Waals surface area contributed by atoms with Crippen LogP contribution in [0.2, 0.25) is 0 Å². The fourth-order valence-electron chi connectivity index (χ4n) is 5.93. The molecule has 10 heteroatoms. The topological polar surface area (TPSA) is 96.0 Å². The molecule has 2 amide bonds. The van der Waals surface area contributed by atoms with Gasteiger partial charge in [-0.3, -0.25) is 19.5 Å².